The predicted molar refractivity (Wildman–Crippen MR) is 76.9 cm³/mol. The Labute approximate surface area is 121 Å². The van der Waals surface area contributed by atoms with Gasteiger partial charge in [0.1, 0.15) is 0 Å². The summed E-state index contributed by atoms with van der Waals surface area (Å²) in [5.74, 6) is 5.63. The van der Waals surface area contributed by atoms with E-state index in [0.29, 0.717) is 18.6 Å². The Morgan fingerprint density at radius 3 is 2.95 bits per heavy atom. The van der Waals surface area contributed by atoms with Gasteiger partial charge in [0.2, 0.25) is 5.91 Å². The van der Waals surface area contributed by atoms with Crippen molar-refractivity contribution < 1.29 is 14.3 Å². The summed E-state index contributed by atoms with van der Waals surface area (Å²) in [6.45, 7) is 1.95. The van der Waals surface area contributed by atoms with E-state index in [4.69, 9.17) is 5.84 Å². The smallest absolute Gasteiger partial charge is 0.444 e. The maximum Gasteiger partial charge on any atom is 0.444 e. The standard InChI is InChI=1S/C13H17N5O3/c1-9(19)15-7-5-10-8-17(18(14)13(20)21-2)12-11(10)4-3-6-16-12/h3-4,6,8H,5,7,14H2,1-2H3,(H,15,19). The van der Waals surface area contributed by atoms with Crippen LogP contribution in [-0.2, 0) is 16.0 Å². The summed E-state index contributed by atoms with van der Waals surface area (Å²) in [6.07, 6.45) is 3.22. The second-order valence-electron chi connectivity index (χ2n) is 4.42. The summed E-state index contributed by atoms with van der Waals surface area (Å²) in [4.78, 5) is 26.7. The number of methoxy groups -OCH3 is 1. The number of hydrazine groups is 1. The molecule has 0 aliphatic heterocycles. The first kappa shape index (κ1) is 14.8. The minimum atomic E-state index is -0.703. The van der Waals surface area contributed by atoms with E-state index in [1.165, 1.54) is 18.7 Å². The first-order valence-corrected chi connectivity index (χ1v) is 6.37. The van der Waals surface area contributed by atoms with Crippen molar-refractivity contribution in [2.75, 3.05) is 18.8 Å². The first-order chi connectivity index (χ1) is 10.0. The number of nitrogens with zero attached hydrogens (tertiary/aromatic N) is 3. The molecule has 8 heteroatoms. The number of hydrogen-bond acceptors (Lipinski definition) is 5. The van der Waals surface area contributed by atoms with Crippen LogP contribution in [0.1, 0.15) is 12.5 Å². The lowest BCUT2D eigenvalue weighted by Crippen LogP contribution is -2.46. The zero-order valence-corrected chi connectivity index (χ0v) is 11.9. The van der Waals surface area contributed by atoms with Gasteiger partial charge in [-0.25, -0.2) is 20.3 Å². The molecule has 0 bridgehead atoms. The molecule has 112 valence electrons. The van der Waals surface area contributed by atoms with Crippen LogP contribution in [0.3, 0.4) is 0 Å². The van der Waals surface area contributed by atoms with E-state index in [9.17, 15) is 9.59 Å². The van der Waals surface area contributed by atoms with Gasteiger partial charge >= 0.3 is 6.09 Å². The fraction of sp³-hybridized carbons (Fsp3) is 0.308. The lowest BCUT2D eigenvalue weighted by atomic mass is 10.1. The number of fused-ring (bicyclic) bond motifs is 1. The maximum atomic E-state index is 11.5. The van der Waals surface area contributed by atoms with Crippen molar-refractivity contribution in [2.45, 2.75) is 13.3 Å². The average molecular weight is 291 g/mol. The van der Waals surface area contributed by atoms with Gasteiger partial charge in [-0.3, -0.25) is 4.79 Å². The van der Waals surface area contributed by atoms with Crippen LogP contribution in [0.4, 0.5) is 4.79 Å². The number of carbonyl (C=O) groups is 2. The molecule has 21 heavy (non-hydrogen) atoms. The molecule has 0 radical (unpaired) electrons. The largest absolute Gasteiger partial charge is 0.451 e. The highest BCUT2D eigenvalue weighted by Gasteiger charge is 2.17. The summed E-state index contributed by atoms with van der Waals surface area (Å²) in [5, 5.41) is 4.43. The molecule has 0 unspecified atom stereocenters. The molecule has 0 aliphatic rings. The van der Waals surface area contributed by atoms with Gasteiger partial charge in [-0.05, 0) is 24.1 Å². The monoisotopic (exact) mass is 291 g/mol. The zero-order valence-electron chi connectivity index (χ0n) is 11.9. The lowest BCUT2D eigenvalue weighted by Gasteiger charge is -2.16. The van der Waals surface area contributed by atoms with Crippen LogP contribution in [0.5, 0.6) is 0 Å². The molecule has 2 amide bonds. The minimum absolute atomic E-state index is 0.0909. The molecular weight excluding hydrogens is 274 g/mol. The van der Waals surface area contributed by atoms with Gasteiger partial charge in [0.15, 0.2) is 5.65 Å². The zero-order chi connectivity index (χ0) is 15.4. The molecule has 0 fully saturated rings. The molecule has 0 saturated carbocycles. The summed E-state index contributed by atoms with van der Waals surface area (Å²) < 4.78 is 6.01. The van der Waals surface area contributed by atoms with Crippen molar-refractivity contribution in [1.29, 1.82) is 0 Å². The molecule has 0 saturated heterocycles. The number of rotatable bonds is 4. The van der Waals surface area contributed by atoms with E-state index < -0.39 is 6.09 Å². The number of amides is 2. The highest BCUT2D eigenvalue weighted by Crippen LogP contribution is 2.19. The van der Waals surface area contributed by atoms with Crippen molar-refractivity contribution in [3.8, 4) is 0 Å². The number of nitrogens with two attached hydrogens (primary N) is 1. The topological polar surface area (TPSA) is 102 Å². The summed E-state index contributed by atoms with van der Waals surface area (Å²) >= 11 is 0. The van der Waals surface area contributed by atoms with E-state index in [0.717, 1.165) is 16.1 Å². The van der Waals surface area contributed by atoms with Gasteiger partial charge in [0, 0.05) is 31.2 Å². The summed E-state index contributed by atoms with van der Waals surface area (Å²) in [5.41, 5.74) is 1.47. The summed E-state index contributed by atoms with van der Waals surface area (Å²) in [7, 11) is 1.25. The third kappa shape index (κ3) is 3.11. The third-order valence-electron chi connectivity index (χ3n) is 2.99. The highest BCUT2D eigenvalue weighted by molar-refractivity contribution is 5.85. The van der Waals surface area contributed by atoms with Crippen LogP contribution in [0.25, 0.3) is 11.0 Å². The van der Waals surface area contributed by atoms with E-state index in [-0.39, 0.29) is 5.91 Å². The van der Waals surface area contributed by atoms with Gasteiger partial charge in [0.25, 0.3) is 0 Å². The number of nitrogens with one attached hydrogen (secondary N) is 1. The van der Waals surface area contributed by atoms with Crippen molar-refractivity contribution in [3.63, 3.8) is 0 Å². The van der Waals surface area contributed by atoms with E-state index in [2.05, 4.69) is 15.0 Å². The third-order valence-corrected chi connectivity index (χ3v) is 2.99. The van der Waals surface area contributed by atoms with E-state index in [1.807, 2.05) is 6.07 Å². The van der Waals surface area contributed by atoms with Crippen LogP contribution in [0, 0.1) is 0 Å². The summed E-state index contributed by atoms with van der Waals surface area (Å²) in [6, 6.07) is 3.68. The van der Waals surface area contributed by atoms with Crippen LogP contribution in [0.2, 0.25) is 0 Å². The number of ether oxygens (including phenoxy) is 1. The van der Waals surface area contributed by atoms with Gasteiger partial charge < -0.3 is 10.1 Å². The Kier molecular flexibility index (Phi) is 4.39. The number of hydrogen-bond donors (Lipinski definition) is 2. The van der Waals surface area contributed by atoms with Crippen molar-refractivity contribution in [1.82, 2.24) is 15.0 Å². The van der Waals surface area contributed by atoms with Gasteiger partial charge in [-0.2, -0.15) is 0 Å². The molecule has 0 spiro atoms. The Morgan fingerprint density at radius 2 is 2.29 bits per heavy atom. The number of aromatic nitrogens is 2. The second-order valence-corrected chi connectivity index (χ2v) is 4.42. The van der Waals surface area contributed by atoms with Crippen LogP contribution >= 0.6 is 0 Å². The lowest BCUT2D eigenvalue weighted by molar-refractivity contribution is -0.118. The van der Waals surface area contributed by atoms with E-state index >= 15 is 0 Å². The van der Waals surface area contributed by atoms with Crippen molar-refractivity contribution in [2.24, 2.45) is 5.84 Å². The van der Waals surface area contributed by atoms with Crippen molar-refractivity contribution in [3.05, 3.63) is 30.1 Å². The van der Waals surface area contributed by atoms with Crippen LogP contribution in [-0.4, -0.2) is 35.3 Å². The fourth-order valence-corrected chi connectivity index (χ4v) is 2.03. The quantitative estimate of drug-likeness (QED) is 0.479. The number of carbonyl (C=O) groups excluding carboxylic acids is 2. The van der Waals surface area contributed by atoms with Gasteiger partial charge in [-0.15, -0.1) is 5.12 Å². The molecule has 2 aromatic heterocycles. The predicted octanol–water partition coefficient (Wildman–Crippen LogP) is 0.293. The fourth-order valence-electron chi connectivity index (χ4n) is 2.03. The average Bonchev–Trinajstić information content (AvgIpc) is 2.84. The Balaban J connectivity index is 2.34. The molecule has 0 atom stereocenters. The molecule has 8 nitrogen and oxygen atoms in total. The Bertz CT molecular complexity index is 667. The van der Waals surface area contributed by atoms with Crippen molar-refractivity contribution >= 4 is 23.0 Å². The van der Waals surface area contributed by atoms with E-state index in [1.54, 1.807) is 18.5 Å². The molecule has 0 aliphatic carbocycles. The molecule has 2 heterocycles. The molecule has 0 aromatic carbocycles. The Morgan fingerprint density at radius 1 is 1.52 bits per heavy atom. The second kappa shape index (κ2) is 6.23. The number of pyridine rings is 1. The van der Waals surface area contributed by atoms with Gasteiger partial charge in [0.05, 0.1) is 7.11 Å². The highest BCUT2D eigenvalue weighted by atomic mass is 16.6. The van der Waals surface area contributed by atoms with Crippen LogP contribution in [0.15, 0.2) is 24.5 Å². The normalized spacial score (nSPS) is 10.4. The first-order valence-electron chi connectivity index (χ1n) is 6.37. The molecule has 2 aromatic rings. The maximum absolute atomic E-state index is 11.5. The van der Waals surface area contributed by atoms with Crippen LogP contribution < -0.4 is 16.3 Å². The molecule has 2 rings (SSSR count). The SMILES string of the molecule is COC(=O)N(N)n1cc(CCNC(C)=O)c2cccnc21. The molecular formula is C13H17N5O3. The Hall–Kier alpha value is -2.61. The molecule has 3 N–H and O–H groups in total. The minimum Gasteiger partial charge on any atom is -0.451 e. The van der Waals surface area contributed by atoms with Gasteiger partial charge in [-0.1, -0.05) is 0 Å².